The van der Waals surface area contributed by atoms with Gasteiger partial charge in [-0.15, -0.1) is 0 Å². The van der Waals surface area contributed by atoms with Crippen LogP contribution < -0.4 is 28.4 Å². The molecule has 40 heavy (non-hydrogen) atoms. The second kappa shape index (κ2) is 18.9. The first-order valence-corrected chi connectivity index (χ1v) is 14.9. The van der Waals surface area contributed by atoms with E-state index in [-0.39, 0.29) is 5.78 Å². The second-order valence-electron chi connectivity index (χ2n) is 9.39. The minimum absolute atomic E-state index is 0.276. The van der Waals surface area contributed by atoms with Crippen molar-refractivity contribution in [2.45, 2.75) is 80.1 Å². The highest BCUT2D eigenvalue weighted by atomic mass is 16.5. The minimum Gasteiger partial charge on any atom is -0.494 e. The van der Waals surface area contributed by atoms with Crippen molar-refractivity contribution in [3.8, 4) is 34.5 Å². The number of rotatable bonds is 21. The predicted molar refractivity (Wildman–Crippen MR) is 161 cm³/mol. The fraction of sp³-hybridized carbons (Fsp3) is 0.545. The van der Waals surface area contributed by atoms with Crippen LogP contribution in [0, 0.1) is 0 Å². The highest BCUT2D eigenvalue weighted by Gasteiger charge is 2.27. The Kier molecular flexibility index (Phi) is 15.5. The summed E-state index contributed by atoms with van der Waals surface area (Å²) in [5, 5.41) is 0. The van der Waals surface area contributed by atoms with Crippen molar-refractivity contribution in [3.63, 3.8) is 0 Å². The molecule has 0 aliphatic carbocycles. The van der Waals surface area contributed by atoms with E-state index in [2.05, 4.69) is 13.8 Å². The van der Waals surface area contributed by atoms with Crippen molar-refractivity contribution in [1.82, 2.24) is 0 Å². The number of carbonyl (C=O) groups excluding carboxylic acids is 1. The molecule has 0 unspecified atom stereocenters. The molecule has 0 aromatic heterocycles. The van der Waals surface area contributed by atoms with E-state index in [0.29, 0.717) is 74.0 Å². The Labute approximate surface area is 240 Å². The molecule has 0 saturated carbocycles. The number of benzene rings is 2. The highest BCUT2D eigenvalue weighted by Crippen LogP contribution is 2.46. The van der Waals surface area contributed by atoms with E-state index in [9.17, 15) is 4.79 Å². The lowest BCUT2D eigenvalue weighted by Gasteiger charge is -2.21. The van der Waals surface area contributed by atoms with Crippen molar-refractivity contribution in [3.05, 3.63) is 41.5 Å². The average Bonchev–Trinajstić information content (AvgIpc) is 2.97. The van der Waals surface area contributed by atoms with Gasteiger partial charge in [0.15, 0.2) is 28.8 Å². The summed E-state index contributed by atoms with van der Waals surface area (Å²) in [6, 6.07) is 7.45. The van der Waals surface area contributed by atoms with Crippen molar-refractivity contribution in [2.75, 3.05) is 39.6 Å². The molecule has 7 nitrogen and oxygen atoms in total. The summed E-state index contributed by atoms with van der Waals surface area (Å²) in [5.41, 5.74) is 1.05. The molecule has 0 aliphatic heterocycles. The van der Waals surface area contributed by atoms with Gasteiger partial charge in [0.05, 0.1) is 39.6 Å². The van der Waals surface area contributed by atoms with Gasteiger partial charge in [0, 0.05) is 11.6 Å². The van der Waals surface area contributed by atoms with Gasteiger partial charge >= 0.3 is 0 Å². The molecule has 0 fully saturated rings. The molecular formula is C33H48O7. The van der Waals surface area contributed by atoms with Gasteiger partial charge in [-0.2, -0.15) is 0 Å². The molecular weight excluding hydrogens is 508 g/mol. The molecule has 2 rings (SSSR count). The first-order valence-electron chi connectivity index (χ1n) is 14.9. The van der Waals surface area contributed by atoms with Crippen LogP contribution in [-0.4, -0.2) is 45.4 Å². The lowest BCUT2D eigenvalue weighted by molar-refractivity contribution is 0.103. The van der Waals surface area contributed by atoms with Gasteiger partial charge < -0.3 is 28.4 Å². The topological polar surface area (TPSA) is 72.5 Å². The summed E-state index contributed by atoms with van der Waals surface area (Å²) in [4.78, 5) is 14.0. The van der Waals surface area contributed by atoms with E-state index in [1.807, 2.05) is 45.9 Å². The Bertz CT molecular complexity index is 1020. The molecule has 0 bridgehead atoms. The minimum atomic E-state index is -0.276. The molecule has 0 N–H and O–H groups in total. The van der Waals surface area contributed by atoms with Crippen LogP contribution in [0.5, 0.6) is 34.5 Å². The lowest BCUT2D eigenvalue weighted by Crippen LogP contribution is -2.12. The lowest BCUT2D eigenvalue weighted by atomic mass is 10.0. The maximum absolute atomic E-state index is 14.0. The van der Waals surface area contributed by atoms with E-state index in [0.717, 1.165) is 49.8 Å². The standard InChI is InChI=1S/C33H48O7/c1-7-17-35-26-14-16-28(36-18-8-2)25(23-26)13-15-27(34)31-32(39-21-11-5)29(37-19-9-3)24-30(38-20-10-4)33(31)40-22-12-6/h13-16,23-24H,7-12,17-22H2,1-6H3. The summed E-state index contributed by atoms with van der Waals surface area (Å²) in [7, 11) is 0. The molecule has 0 aliphatic rings. The van der Waals surface area contributed by atoms with Crippen LogP contribution in [0.3, 0.4) is 0 Å². The van der Waals surface area contributed by atoms with E-state index in [1.54, 1.807) is 12.1 Å². The molecule has 0 atom stereocenters. The maximum Gasteiger partial charge on any atom is 0.193 e. The first-order chi connectivity index (χ1) is 19.5. The SMILES string of the molecule is CCCOc1ccc(OCCC)c(C=CC(=O)c2c(OCCC)c(OCCC)cc(OCCC)c2OCCC)c1. The third-order valence-electron chi connectivity index (χ3n) is 5.56. The number of carbonyl (C=O) groups is 1. The molecule has 0 spiro atoms. The molecule has 2 aromatic carbocycles. The molecule has 0 radical (unpaired) electrons. The van der Waals surface area contributed by atoms with E-state index in [1.165, 1.54) is 6.08 Å². The number of ketones is 1. The second-order valence-corrected chi connectivity index (χ2v) is 9.39. The van der Waals surface area contributed by atoms with Gasteiger partial charge in [0.2, 0.25) is 0 Å². The van der Waals surface area contributed by atoms with Crippen LogP contribution in [0.1, 0.15) is 96.0 Å². The molecule has 0 saturated heterocycles. The molecule has 222 valence electrons. The number of ether oxygens (including phenoxy) is 6. The third kappa shape index (κ3) is 10.00. The molecule has 0 heterocycles. The van der Waals surface area contributed by atoms with Gasteiger partial charge in [0.1, 0.15) is 17.1 Å². The van der Waals surface area contributed by atoms with E-state index >= 15 is 0 Å². The zero-order chi connectivity index (χ0) is 29.2. The Balaban J connectivity index is 2.66. The maximum atomic E-state index is 14.0. The third-order valence-corrected chi connectivity index (χ3v) is 5.56. The zero-order valence-corrected chi connectivity index (χ0v) is 25.3. The van der Waals surface area contributed by atoms with Gasteiger partial charge in [-0.25, -0.2) is 0 Å². The number of hydrogen-bond acceptors (Lipinski definition) is 7. The summed E-state index contributed by atoms with van der Waals surface area (Å²) in [6.07, 6.45) is 8.23. The van der Waals surface area contributed by atoms with Crippen LogP contribution in [0.15, 0.2) is 30.3 Å². The quantitative estimate of drug-likeness (QED) is 0.113. The first kappa shape index (κ1) is 32.9. The number of hydrogen-bond donors (Lipinski definition) is 0. The summed E-state index contributed by atoms with van der Waals surface area (Å²) < 4.78 is 36.2. The Morgan fingerprint density at radius 1 is 0.575 bits per heavy atom. The van der Waals surface area contributed by atoms with Crippen molar-refractivity contribution in [2.24, 2.45) is 0 Å². The van der Waals surface area contributed by atoms with E-state index < -0.39 is 0 Å². The summed E-state index contributed by atoms with van der Waals surface area (Å²) in [5.74, 6) is 2.84. The largest absolute Gasteiger partial charge is 0.494 e. The monoisotopic (exact) mass is 556 g/mol. The summed E-state index contributed by atoms with van der Waals surface area (Å²) >= 11 is 0. The van der Waals surface area contributed by atoms with Gasteiger partial charge in [0.25, 0.3) is 0 Å². The Morgan fingerprint density at radius 2 is 1.02 bits per heavy atom. The van der Waals surface area contributed by atoms with E-state index in [4.69, 9.17) is 28.4 Å². The number of allylic oxidation sites excluding steroid dienone is 1. The zero-order valence-electron chi connectivity index (χ0n) is 25.3. The highest BCUT2D eigenvalue weighted by molar-refractivity contribution is 6.11. The van der Waals surface area contributed by atoms with Crippen LogP contribution in [0.2, 0.25) is 0 Å². The van der Waals surface area contributed by atoms with Crippen LogP contribution in [0.4, 0.5) is 0 Å². The Morgan fingerprint density at radius 3 is 1.52 bits per heavy atom. The van der Waals surface area contributed by atoms with Gasteiger partial charge in [-0.05, 0) is 68.9 Å². The summed E-state index contributed by atoms with van der Waals surface area (Å²) in [6.45, 7) is 15.2. The van der Waals surface area contributed by atoms with Crippen molar-refractivity contribution >= 4 is 11.9 Å². The smallest absolute Gasteiger partial charge is 0.193 e. The van der Waals surface area contributed by atoms with Crippen LogP contribution in [0.25, 0.3) is 6.08 Å². The fourth-order valence-electron chi connectivity index (χ4n) is 3.72. The van der Waals surface area contributed by atoms with Gasteiger partial charge in [-0.3, -0.25) is 4.79 Å². The molecule has 7 heteroatoms. The average molecular weight is 557 g/mol. The predicted octanol–water partition coefficient (Wildman–Crippen LogP) is 8.32. The molecule has 0 amide bonds. The van der Waals surface area contributed by atoms with Crippen molar-refractivity contribution in [1.29, 1.82) is 0 Å². The van der Waals surface area contributed by atoms with Crippen LogP contribution in [-0.2, 0) is 0 Å². The normalized spacial score (nSPS) is 10.9. The van der Waals surface area contributed by atoms with Gasteiger partial charge in [-0.1, -0.05) is 41.5 Å². The van der Waals surface area contributed by atoms with Crippen molar-refractivity contribution < 1.29 is 33.2 Å². The van der Waals surface area contributed by atoms with Crippen LogP contribution >= 0.6 is 0 Å². The molecule has 2 aromatic rings. The Hall–Kier alpha value is -3.35. The fourth-order valence-corrected chi connectivity index (χ4v) is 3.72.